The summed E-state index contributed by atoms with van der Waals surface area (Å²) in [5.74, 6) is 3.06. The van der Waals surface area contributed by atoms with E-state index in [0.29, 0.717) is 30.8 Å². The molecule has 2 amide bonds. The van der Waals surface area contributed by atoms with Crippen LogP contribution in [0.3, 0.4) is 0 Å². The molecule has 1 saturated heterocycles. The lowest BCUT2D eigenvalue weighted by molar-refractivity contribution is -0.141. The molecule has 1 N–H and O–H groups in total. The van der Waals surface area contributed by atoms with Crippen LogP contribution in [-0.4, -0.2) is 35.8 Å². The van der Waals surface area contributed by atoms with E-state index in [9.17, 15) is 9.59 Å². The maximum absolute atomic E-state index is 12.9. The first-order chi connectivity index (χ1) is 10.5. The van der Waals surface area contributed by atoms with E-state index in [1.165, 1.54) is 38.5 Å². The third kappa shape index (κ3) is 2.55. The SMILES string of the molecule is CC1CNC(=O)CCN1C(=O)CC12CC3CC(CC(C3)C1)C2. The average Bonchev–Trinajstić information content (AvgIpc) is 2.59. The maximum atomic E-state index is 12.9. The van der Waals surface area contributed by atoms with Gasteiger partial charge in [0.15, 0.2) is 0 Å². The highest BCUT2D eigenvalue weighted by molar-refractivity contribution is 5.81. The van der Waals surface area contributed by atoms with Gasteiger partial charge in [0.1, 0.15) is 0 Å². The molecular formula is C18H28N2O2. The molecule has 1 atom stereocenters. The third-order valence-electron chi connectivity index (χ3n) is 6.72. The van der Waals surface area contributed by atoms with Gasteiger partial charge in [0.2, 0.25) is 11.8 Å². The van der Waals surface area contributed by atoms with Crippen LogP contribution in [0.4, 0.5) is 0 Å². The highest BCUT2D eigenvalue weighted by Crippen LogP contribution is 2.61. The zero-order valence-corrected chi connectivity index (χ0v) is 13.6. The summed E-state index contributed by atoms with van der Waals surface area (Å²) in [6.45, 7) is 3.26. The first-order valence-corrected chi connectivity index (χ1v) is 9.09. The molecule has 0 aromatic rings. The molecule has 5 fully saturated rings. The minimum absolute atomic E-state index is 0.0805. The summed E-state index contributed by atoms with van der Waals surface area (Å²) in [6, 6.07) is 0.132. The van der Waals surface area contributed by atoms with Gasteiger partial charge in [-0.1, -0.05) is 0 Å². The molecule has 1 unspecified atom stereocenters. The number of rotatable bonds is 2. The second-order valence-corrected chi connectivity index (χ2v) is 8.58. The van der Waals surface area contributed by atoms with E-state index in [0.717, 1.165) is 24.2 Å². The molecule has 1 heterocycles. The molecule has 4 aliphatic carbocycles. The Balaban J connectivity index is 1.46. The molecule has 4 heteroatoms. The molecule has 5 rings (SSSR count). The van der Waals surface area contributed by atoms with E-state index >= 15 is 0 Å². The quantitative estimate of drug-likeness (QED) is 0.851. The summed E-state index contributed by atoms with van der Waals surface area (Å²) >= 11 is 0. The number of hydrogen-bond acceptors (Lipinski definition) is 2. The first kappa shape index (κ1) is 14.5. The van der Waals surface area contributed by atoms with Crippen LogP contribution < -0.4 is 5.32 Å². The van der Waals surface area contributed by atoms with Crippen LogP contribution in [0.2, 0.25) is 0 Å². The summed E-state index contributed by atoms with van der Waals surface area (Å²) < 4.78 is 0. The largest absolute Gasteiger partial charge is 0.354 e. The van der Waals surface area contributed by atoms with E-state index in [1.54, 1.807) is 0 Å². The molecular weight excluding hydrogens is 276 g/mol. The van der Waals surface area contributed by atoms with E-state index in [1.807, 2.05) is 4.90 Å². The second-order valence-electron chi connectivity index (χ2n) is 8.58. The summed E-state index contributed by atoms with van der Waals surface area (Å²) in [5.41, 5.74) is 0.301. The van der Waals surface area contributed by atoms with Gasteiger partial charge < -0.3 is 10.2 Å². The highest BCUT2D eigenvalue weighted by atomic mass is 16.2. The zero-order valence-electron chi connectivity index (χ0n) is 13.6. The highest BCUT2D eigenvalue weighted by Gasteiger charge is 2.51. The maximum Gasteiger partial charge on any atom is 0.223 e. The number of carbonyl (C=O) groups excluding carboxylic acids is 2. The fourth-order valence-electron chi connectivity index (χ4n) is 6.20. The molecule has 4 nitrogen and oxygen atoms in total. The van der Waals surface area contributed by atoms with Crippen LogP contribution in [0, 0.1) is 23.2 Å². The van der Waals surface area contributed by atoms with Crippen molar-refractivity contribution < 1.29 is 9.59 Å². The molecule has 5 aliphatic rings. The Kier molecular flexibility index (Phi) is 3.46. The minimum atomic E-state index is 0.0805. The fourth-order valence-corrected chi connectivity index (χ4v) is 6.20. The van der Waals surface area contributed by atoms with Crippen molar-refractivity contribution in [1.29, 1.82) is 0 Å². The summed E-state index contributed by atoms with van der Waals surface area (Å²) in [4.78, 5) is 26.5. The van der Waals surface area contributed by atoms with Crippen molar-refractivity contribution in [3.05, 3.63) is 0 Å². The Morgan fingerprint density at radius 2 is 1.77 bits per heavy atom. The molecule has 0 spiro atoms. The first-order valence-electron chi connectivity index (χ1n) is 9.09. The van der Waals surface area contributed by atoms with Crippen LogP contribution in [0.5, 0.6) is 0 Å². The molecule has 0 aromatic heterocycles. The Labute approximate surface area is 133 Å². The van der Waals surface area contributed by atoms with Gasteiger partial charge in [0.05, 0.1) is 0 Å². The van der Waals surface area contributed by atoms with E-state index in [2.05, 4.69) is 12.2 Å². The van der Waals surface area contributed by atoms with Gasteiger partial charge in [-0.3, -0.25) is 9.59 Å². The van der Waals surface area contributed by atoms with Crippen LogP contribution in [0.25, 0.3) is 0 Å². The van der Waals surface area contributed by atoms with Gasteiger partial charge in [0.25, 0.3) is 0 Å². The molecule has 0 radical (unpaired) electrons. The molecule has 4 bridgehead atoms. The van der Waals surface area contributed by atoms with Crippen molar-refractivity contribution in [1.82, 2.24) is 10.2 Å². The lowest BCUT2D eigenvalue weighted by atomic mass is 9.49. The van der Waals surface area contributed by atoms with Crippen molar-refractivity contribution >= 4 is 11.8 Å². The summed E-state index contributed by atoms with van der Waals surface area (Å²) in [5, 5.41) is 2.91. The lowest BCUT2D eigenvalue weighted by Gasteiger charge is -2.57. The number of amides is 2. The Morgan fingerprint density at radius 3 is 2.36 bits per heavy atom. The lowest BCUT2D eigenvalue weighted by Crippen LogP contribution is -2.50. The molecule has 122 valence electrons. The van der Waals surface area contributed by atoms with Crippen LogP contribution in [-0.2, 0) is 9.59 Å². The standard InChI is InChI=1S/C18H28N2O2/c1-12-11-19-16(21)2-3-20(12)17(22)10-18-7-13-4-14(8-18)6-15(5-13)9-18/h12-15H,2-11H2,1H3,(H,19,21). The Hall–Kier alpha value is -1.06. The predicted octanol–water partition coefficient (Wildman–Crippen LogP) is 2.33. The number of nitrogens with zero attached hydrogens (tertiary/aromatic N) is 1. The van der Waals surface area contributed by atoms with E-state index < -0.39 is 0 Å². The molecule has 4 saturated carbocycles. The van der Waals surface area contributed by atoms with Gasteiger partial charge in [-0.15, -0.1) is 0 Å². The van der Waals surface area contributed by atoms with E-state index in [-0.39, 0.29) is 11.9 Å². The Bertz CT molecular complexity index is 452. The van der Waals surface area contributed by atoms with Crippen molar-refractivity contribution in [3.63, 3.8) is 0 Å². The summed E-state index contributed by atoms with van der Waals surface area (Å²) in [7, 11) is 0. The number of hydrogen-bond donors (Lipinski definition) is 1. The van der Waals surface area contributed by atoms with Gasteiger partial charge in [-0.25, -0.2) is 0 Å². The smallest absolute Gasteiger partial charge is 0.223 e. The van der Waals surface area contributed by atoms with Crippen molar-refractivity contribution in [3.8, 4) is 0 Å². The van der Waals surface area contributed by atoms with Gasteiger partial charge in [-0.2, -0.15) is 0 Å². The monoisotopic (exact) mass is 304 g/mol. The number of nitrogens with one attached hydrogen (secondary N) is 1. The van der Waals surface area contributed by atoms with Crippen molar-refractivity contribution in [2.45, 2.75) is 64.3 Å². The van der Waals surface area contributed by atoms with Crippen LogP contribution >= 0.6 is 0 Å². The second kappa shape index (κ2) is 5.24. The third-order valence-corrected chi connectivity index (χ3v) is 6.72. The minimum Gasteiger partial charge on any atom is -0.354 e. The van der Waals surface area contributed by atoms with Gasteiger partial charge in [0, 0.05) is 32.0 Å². The van der Waals surface area contributed by atoms with Crippen molar-refractivity contribution in [2.24, 2.45) is 23.2 Å². The topological polar surface area (TPSA) is 49.4 Å². The average molecular weight is 304 g/mol. The van der Waals surface area contributed by atoms with Crippen LogP contribution in [0.1, 0.15) is 58.3 Å². The van der Waals surface area contributed by atoms with Gasteiger partial charge >= 0.3 is 0 Å². The van der Waals surface area contributed by atoms with Crippen molar-refractivity contribution in [2.75, 3.05) is 13.1 Å². The fraction of sp³-hybridized carbons (Fsp3) is 0.889. The van der Waals surface area contributed by atoms with E-state index in [4.69, 9.17) is 0 Å². The Morgan fingerprint density at radius 1 is 1.18 bits per heavy atom. The number of carbonyl (C=O) groups is 2. The molecule has 1 aliphatic heterocycles. The predicted molar refractivity (Wildman–Crippen MR) is 84.0 cm³/mol. The normalized spacial score (nSPS) is 43.9. The van der Waals surface area contributed by atoms with Gasteiger partial charge in [-0.05, 0) is 68.6 Å². The zero-order chi connectivity index (χ0) is 15.3. The summed E-state index contributed by atoms with van der Waals surface area (Å²) in [6.07, 6.45) is 9.30. The van der Waals surface area contributed by atoms with Crippen LogP contribution in [0.15, 0.2) is 0 Å². The molecule has 22 heavy (non-hydrogen) atoms. The molecule has 0 aromatic carbocycles.